The smallest absolute Gasteiger partial charge is 0.295 e. The van der Waals surface area contributed by atoms with Crippen molar-refractivity contribution < 1.29 is 19.4 Å². The normalized spacial score (nSPS) is 17.6. The van der Waals surface area contributed by atoms with E-state index >= 15 is 0 Å². The molecule has 6 heteroatoms. The van der Waals surface area contributed by atoms with E-state index in [0.717, 1.165) is 48.2 Å². The molecule has 1 atom stereocenters. The van der Waals surface area contributed by atoms with Crippen LogP contribution in [0.3, 0.4) is 0 Å². The zero-order valence-corrected chi connectivity index (χ0v) is 20.9. The number of nitrogens with zero attached hydrogens (tertiary/aromatic N) is 2. The first-order valence-electron chi connectivity index (χ1n) is 12.0. The number of ketones is 1. The first-order chi connectivity index (χ1) is 16.2. The molecule has 1 fully saturated rings. The summed E-state index contributed by atoms with van der Waals surface area (Å²) in [6.07, 6.45) is 2.74. The molecule has 0 spiro atoms. The van der Waals surface area contributed by atoms with Crippen molar-refractivity contribution >= 4 is 17.4 Å². The maximum atomic E-state index is 13.2. The van der Waals surface area contributed by atoms with Gasteiger partial charge in [0.1, 0.15) is 11.5 Å². The van der Waals surface area contributed by atoms with Crippen LogP contribution < -0.4 is 4.74 Å². The van der Waals surface area contributed by atoms with Crippen LogP contribution in [0.4, 0.5) is 0 Å². The molecular formula is C28H36N2O4. The van der Waals surface area contributed by atoms with Gasteiger partial charge in [0.25, 0.3) is 11.7 Å². The monoisotopic (exact) mass is 464 g/mol. The zero-order chi connectivity index (χ0) is 24.8. The molecule has 1 aliphatic heterocycles. The largest absolute Gasteiger partial charge is 0.507 e. The Morgan fingerprint density at radius 3 is 2.38 bits per heavy atom. The molecule has 0 unspecified atom stereocenters. The van der Waals surface area contributed by atoms with Crippen molar-refractivity contribution in [2.24, 2.45) is 0 Å². The molecule has 2 aromatic rings. The van der Waals surface area contributed by atoms with Gasteiger partial charge < -0.3 is 19.6 Å². The highest BCUT2D eigenvalue weighted by Gasteiger charge is 2.45. The molecule has 1 saturated heterocycles. The van der Waals surface area contributed by atoms with Crippen LogP contribution in [0, 0.1) is 13.8 Å². The number of Topliss-reactive ketones (excluding diaryl/α,β-unsaturated/α-hetero) is 1. The molecule has 1 N–H and O–H groups in total. The summed E-state index contributed by atoms with van der Waals surface area (Å²) in [5.41, 5.74) is 3.36. The summed E-state index contributed by atoms with van der Waals surface area (Å²) in [5, 5.41) is 11.3. The number of aryl methyl sites for hydroxylation is 2. The quantitative estimate of drug-likeness (QED) is 0.235. The number of unbranched alkanes of at least 4 members (excludes halogenated alkanes) is 1. The third-order valence-corrected chi connectivity index (χ3v) is 6.16. The van der Waals surface area contributed by atoms with Crippen molar-refractivity contribution in [3.8, 4) is 5.75 Å². The Bertz CT molecular complexity index is 1060. The van der Waals surface area contributed by atoms with Gasteiger partial charge in [-0.15, -0.1) is 0 Å². The Morgan fingerprint density at radius 2 is 1.76 bits per heavy atom. The van der Waals surface area contributed by atoms with E-state index < -0.39 is 17.7 Å². The fraction of sp³-hybridized carbons (Fsp3) is 0.429. The van der Waals surface area contributed by atoms with E-state index in [1.54, 1.807) is 17.0 Å². The number of benzene rings is 2. The maximum absolute atomic E-state index is 13.2. The Morgan fingerprint density at radius 1 is 1.06 bits per heavy atom. The number of carbonyl (C=O) groups excluding carboxylic acids is 2. The van der Waals surface area contributed by atoms with Gasteiger partial charge in [0.05, 0.1) is 18.2 Å². The predicted molar refractivity (Wildman–Crippen MR) is 135 cm³/mol. The number of ether oxygens (including phenoxy) is 1. The summed E-state index contributed by atoms with van der Waals surface area (Å²) in [6.45, 7) is 7.83. The first-order valence-corrected chi connectivity index (χ1v) is 12.0. The molecule has 1 amide bonds. The van der Waals surface area contributed by atoms with Crippen molar-refractivity contribution in [2.45, 2.75) is 46.1 Å². The van der Waals surface area contributed by atoms with E-state index in [2.05, 4.69) is 6.92 Å². The van der Waals surface area contributed by atoms with Crippen LogP contribution in [0.1, 0.15) is 54.5 Å². The number of aliphatic hydroxyl groups excluding tert-OH is 1. The lowest BCUT2D eigenvalue weighted by Crippen LogP contribution is -2.32. The second kappa shape index (κ2) is 11.3. The van der Waals surface area contributed by atoms with E-state index in [-0.39, 0.29) is 11.3 Å². The Labute approximate surface area is 202 Å². The van der Waals surface area contributed by atoms with Crippen molar-refractivity contribution in [1.29, 1.82) is 0 Å². The van der Waals surface area contributed by atoms with Crippen molar-refractivity contribution in [3.63, 3.8) is 0 Å². The lowest BCUT2D eigenvalue weighted by atomic mass is 9.93. The third kappa shape index (κ3) is 5.68. The standard InChI is InChI=1S/C28H36N2O4/c1-6-7-17-34-22-13-14-23(20(3)18-22)26(31)24-25(21-11-9-19(2)10-12-21)30(28(33)27(24)32)16-8-15-29(4)5/h9-14,18,25,31H,6-8,15-17H2,1-5H3/b26-24+/t25-/m1/s1. The molecule has 34 heavy (non-hydrogen) atoms. The summed E-state index contributed by atoms with van der Waals surface area (Å²) in [5.74, 6) is -0.628. The van der Waals surface area contributed by atoms with E-state index in [1.807, 2.05) is 63.2 Å². The molecule has 6 nitrogen and oxygen atoms in total. The Kier molecular flexibility index (Phi) is 8.51. The molecule has 2 aromatic carbocycles. The maximum Gasteiger partial charge on any atom is 0.295 e. The van der Waals surface area contributed by atoms with E-state index in [4.69, 9.17) is 4.74 Å². The summed E-state index contributed by atoms with van der Waals surface area (Å²) >= 11 is 0. The minimum absolute atomic E-state index is 0.140. The van der Waals surface area contributed by atoms with Gasteiger partial charge in [0.2, 0.25) is 0 Å². The minimum atomic E-state index is -0.643. The second-order valence-electron chi connectivity index (χ2n) is 9.24. The fourth-order valence-electron chi connectivity index (χ4n) is 4.23. The number of amides is 1. The predicted octanol–water partition coefficient (Wildman–Crippen LogP) is 4.86. The molecule has 0 saturated carbocycles. The Balaban J connectivity index is 2.02. The summed E-state index contributed by atoms with van der Waals surface area (Å²) in [4.78, 5) is 29.9. The van der Waals surface area contributed by atoms with Gasteiger partial charge in [-0.1, -0.05) is 43.2 Å². The second-order valence-corrected chi connectivity index (χ2v) is 9.24. The van der Waals surface area contributed by atoms with Gasteiger partial charge in [-0.2, -0.15) is 0 Å². The van der Waals surface area contributed by atoms with Crippen LogP contribution in [0.5, 0.6) is 5.75 Å². The van der Waals surface area contributed by atoms with E-state index in [0.29, 0.717) is 18.7 Å². The number of hydrogen-bond donors (Lipinski definition) is 1. The highest BCUT2D eigenvalue weighted by atomic mass is 16.5. The van der Waals surface area contributed by atoms with Gasteiger partial charge in [-0.3, -0.25) is 9.59 Å². The molecule has 0 bridgehead atoms. The minimum Gasteiger partial charge on any atom is -0.507 e. The highest BCUT2D eigenvalue weighted by molar-refractivity contribution is 6.46. The topological polar surface area (TPSA) is 70.1 Å². The van der Waals surface area contributed by atoms with Crippen LogP contribution in [0.2, 0.25) is 0 Å². The molecule has 3 rings (SSSR count). The molecule has 182 valence electrons. The third-order valence-electron chi connectivity index (χ3n) is 6.16. The van der Waals surface area contributed by atoms with E-state index in [9.17, 15) is 14.7 Å². The summed E-state index contributed by atoms with van der Waals surface area (Å²) in [6, 6.07) is 12.6. The summed E-state index contributed by atoms with van der Waals surface area (Å²) in [7, 11) is 3.95. The molecule has 0 aliphatic carbocycles. The van der Waals surface area contributed by atoms with Crippen LogP contribution in [0.15, 0.2) is 48.0 Å². The van der Waals surface area contributed by atoms with Crippen LogP contribution in [-0.2, 0) is 9.59 Å². The zero-order valence-electron chi connectivity index (χ0n) is 20.9. The average molecular weight is 465 g/mol. The average Bonchev–Trinajstić information content (AvgIpc) is 3.04. The molecule has 1 heterocycles. The SMILES string of the molecule is CCCCOc1ccc(/C(O)=C2\C(=O)C(=O)N(CCCN(C)C)[C@@H]2c2ccc(C)cc2)c(C)c1. The number of hydrogen-bond acceptors (Lipinski definition) is 5. The van der Waals surface area contributed by atoms with E-state index in [1.165, 1.54) is 0 Å². The summed E-state index contributed by atoms with van der Waals surface area (Å²) < 4.78 is 5.78. The van der Waals surface area contributed by atoms with Gasteiger partial charge >= 0.3 is 0 Å². The lowest BCUT2D eigenvalue weighted by Gasteiger charge is -2.26. The fourth-order valence-corrected chi connectivity index (χ4v) is 4.23. The first kappa shape index (κ1) is 25.5. The molecule has 0 aromatic heterocycles. The van der Waals surface area contributed by atoms with Crippen molar-refractivity contribution in [3.05, 3.63) is 70.3 Å². The van der Waals surface area contributed by atoms with Gasteiger partial charge in [0.15, 0.2) is 0 Å². The van der Waals surface area contributed by atoms with Gasteiger partial charge in [-0.05, 0) is 76.7 Å². The lowest BCUT2D eigenvalue weighted by molar-refractivity contribution is -0.139. The van der Waals surface area contributed by atoms with Crippen LogP contribution in [-0.4, -0.2) is 60.4 Å². The highest BCUT2D eigenvalue weighted by Crippen LogP contribution is 2.40. The number of likely N-dealkylation sites (tertiary alicyclic amines) is 1. The molecular weight excluding hydrogens is 428 g/mol. The number of aliphatic hydroxyl groups is 1. The number of carbonyl (C=O) groups is 2. The number of rotatable bonds is 10. The van der Waals surface area contributed by atoms with Crippen molar-refractivity contribution in [2.75, 3.05) is 33.8 Å². The Hall–Kier alpha value is -3.12. The van der Waals surface area contributed by atoms with Crippen LogP contribution >= 0.6 is 0 Å². The van der Waals surface area contributed by atoms with Crippen molar-refractivity contribution in [1.82, 2.24) is 9.80 Å². The van der Waals surface area contributed by atoms with Gasteiger partial charge in [0, 0.05) is 12.1 Å². The van der Waals surface area contributed by atoms with Gasteiger partial charge in [-0.25, -0.2) is 0 Å². The molecule has 1 aliphatic rings. The van der Waals surface area contributed by atoms with Crippen LogP contribution in [0.25, 0.3) is 5.76 Å². The molecule has 0 radical (unpaired) electrons.